The van der Waals surface area contributed by atoms with Crippen molar-refractivity contribution in [2.75, 3.05) is 18.5 Å². The lowest BCUT2D eigenvalue weighted by Crippen LogP contribution is -2.32. The van der Waals surface area contributed by atoms with Crippen LogP contribution in [0.4, 0.5) is 5.69 Å². The molecule has 3 heteroatoms. The van der Waals surface area contributed by atoms with Gasteiger partial charge < -0.3 is 15.3 Å². The lowest BCUT2D eigenvalue weighted by Gasteiger charge is -2.30. The predicted octanol–water partition coefficient (Wildman–Crippen LogP) is 3.30. The summed E-state index contributed by atoms with van der Waals surface area (Å²) in [6.45, 7) is 9.54. The zero-order chi connectivity index (χ0) is 13.7. The van der Waals surface area contributed by atoms with E-state index in [1.54, 1.807) is 0 Å². The topological polar surface area (TPSA) is 35.5 Å². The Kier molecular flexibility index (Phi) is 5.48. The van der Waals surface area contributed by atoms with Crippen LogP contribution in [0.25, 0.3) is 0 Å². The average molecular weight is 250 g/mol. The Morgan fingerprint density at radius 1 is 1.28 bits per heavy atom. The smallest absolute Gasteiger partial charge is 0.122 e. The molecule has 3 nitrogen and oxygen atoms in total. The highest BCUT2D eigenvalue weighted by Crippen LogP contribution is 2.30. The van der Waals surface area contributed by atoms with Gasteiger partial charge in [-0.15, -0.1) is 0 Å². The Bertz CT molecular complexity index is 379. The third kappa shape index (κ3) is 3.16. The van der Waals surface area contributed by atoms with Gasteiger partial charge in [-0.1, -0.05) is 13.0 Å². The van der Waals surface area contributed by atoms with Crippen molar-refractivity contribution in [1.82, 2.24) is 5.32 Å². The fourth-order valence-electron chi connectivity index (χ4n) is 2.20. The second-order valence-corrected chi connectivity index (χ2v) is 4.80. The fourth-order valence-corrected chi connectivity index (χ4v) is 2.20. The third-order valence-electron chi connectivity index (χ3n) is 3.71. The number of aromatic hydroxyl groups is 1. The molecule has 0 heterocycles. The molecule has 0 aliphatic heterocycles. The summed E-state index contributed by atoms with van der Waals surface area (Å²) in [4.78, 5) is 2.31. The molecule has 1 aromatic carbocycles. The van der Waals surface area contributed by atoms with Gasteiger partial charge in [0, 0.05) is 35.9 Å². The highest BCUT2D eigenvalue weighted by molar-refractivity contribution is 5.54. The molecule has 0 saturated carbocycles. The van der Waals surface area contributed by atoms with E-state index in [0.717, 1.165) is 24.2 Å². The van der Waals surface area contributed by atoms with E-state index in [4.69, 9.17) is 0 Å². The van der Waals surface area contributed by atoms with Gasteiger partial charge in [0.05, 0.1) is 0 Å². The minimum atomic E-state index is 0.165. The first-order valence-electron chi connectivity index (χ1n) is 6.81. The van der Waals surface area contributed by atoms with Crippen LogP contribution in [0.3, 0.4) is 0 Å². The first-order valence-corrected chi connectivity index (χ1v) is 6.81. The molecule has 2 atom stereocenters. The van der Waals surface area contributed by atoms with Crippen LogP contribution in [0.15, 0.2) is 18.2 Å². The van der Waals surface area contributed by atoms with Crippen molar-refractivity contribution < 1.29 is 5.11 Å². The van der Waals surface area contributed by atoms with Crippen LogP contribution in [-0.2, 0) is 0 Å². The van der Waals surface area contributed by atoms with Crippen molar-refractivity contribution in [3.05, 3.63) is 23.8 Å². The number of hydrogen-bond acceptors (Lipinski definition) is 3. The number of phenolic OH excluding ortho intramolecular Hbond substituents is 1. The van der Waals surface area contributed by atoms with Gasteiger partial charge in [-0.2, -0.15) is 0 Å². The van der Waals surface area contributed by atoms with E-state index in [2.05, 4.69) is 37.1 Å². The second-order valence-electron chi connectivity index (χ2n) is 4.80. The molecule has 0 fully saturated rings. The number of benzene rings is 1. The average Bonchev–Trinajstić information content (AvgIpc) is 2.38. The molecule has 0 aromatic heterocycles. The quantitative estimate of drug-likeness (QED) is 0.813. The minimum Gasteiger partial charge on any atom is -0.508 e. The molecule has 18 heavy (non-hydrogen) atoms. The Balaban J connectivity index is 3.02. The molecule has 1 aromatic rings. The molecule has 0 aliphatic rings. The van der Waals surface area contributed by atoms with Gasteiger partial charge in [0.25, 0.3) is 0 Å². The zero-order valence-electron chi connectivity index (χ0n) is 12.2. The molecular formula is C15H26N2O. The molecule has 2 unspecified atom stereocenters. The molecule has 0 saturated heterocycles. The largest absolute Gasteiger partial charge is 0.508 e. The number of rotatable bonds is 6. The van der Waals surface area contributed by atoms with Crippen LogP contribution in [0.5, 0.6) is 5.75 Å². The monoisotopic (exact) mass is 250 g/mol. The van der Waals surface area contributed by atoms with Gasteiger partial charge in [-0.05, 0) is 40.3 Å². The summed E-state index contributed by atoms with van der Waals surface area (Å²) in [5.74, 6) is 0.371. The van der Waals surface area contributed by atoms with E-state index in [-0.39, 0.29) is 6.04 Å². The molecule has 0 bridgehead atoms. The number of phenols is 1. The van der Waals surface area contributed by atoms with Gasteiger partial charge in [0.1, 0.15) is 5.75 Å². The number of nitrogens with zero attached hydrogens (tertiary/aromatic N) is 1. The zero-order valence-corrected chi connectivity index (χ0v) is 12.2. The van der Waals surface area contributed by atoms with Crippen molar-refractivity contribution >= 4 is 5.69 Å². The third-order valence-corrected chi connectivity index (χ3v) is 3.71. The van der Waals surface area contributed by atoms with Crippen LogP contribution in [0.1, 0.15) is 45.7 Å². The highest BCUT2D eigenvalue weighted by Gasteiger charge is 2.14. The molecule has 0 radical (unpaired) electrons. The summed E-state index contributed by atoms with van der Waals surface area (Å²) in [5.41, 5.74) is 2.04. The van der Waals surface area contributed by atoms with Crippen LogP contribution in [0, 0.1) is 0 Å². The van der Waals surface area contributed by atoms with Crippen molar-refractivity contribution in [3.8, 4) is 5.75 Å². The molecule has 0 amide bonds. The molecule has 1 rings (SSSR count). The minimum absolute atomic E-state index is 0.165. The maximum atomic E-state index is 10.1. The summed E-state index contributed by atoms with van der Waals surface area (Å²) >= 11 is 0. The molecule has 2 N–H and O–H groups in total. The van der Waals surface area contributed by atoms with E-state index in [1.807, 2.05) is 26.1 Å². The Morgan fingerprint density at radius 2 is 1.94 bits per heavy atom. The van der Waals surface area contributed by atoms with Crippen molar-refractivity contribution in [2.45, 2.75) is 46.2 Å². The van der Waals surface area contributed by atoms with E-state index in [0.29, 0.717) is 11.8 Å². The van der Waals surface area contributed by atoms with Gasteiger partial charge in [0.2, 0.25) is 0 Å². The van der Waals surface area contributed by atoms with Gasteiger partial charge in [0.15, 0.2) is 0 Å². The summed E-state index contributed by atoms with van der Waals surface area (Å²) in [6, 6.07) is 6.63. The van der Waals surface area contributed by atoms with Gasteiger partial charge in [-0.3, -0.25) is 0 Å². The number of nitrogens with one attached hydrogen (secondary N) is 1. The second kappa shape index (κ2) is 6.64. The maximum Gasteiger partial charge on any atom is 0.122 e. The fraction of sp³-hybridized carbons (Fsp3) is 0.600. The van der Waals surface area contributed by atoms with E-state index < -0.39 is 0 Å². The molecule has 102 valence electrons. The SMILES string of the molecule is CCC(C)N(CC)c1ccc(C(C)NC)c(O)c1. The van der Waals surface area contributed by atoms with Crippen molar-refractivity contribution in [2.24, 2.45) is 0 Å². The first kappa shape index (κ1) is 14.8. The summed E-state index contributed by atoms with van der Waals surface area (Å²) in [6.07, 6.45) is 1.10. The standard InChI is InChI=1S/C15H26N2O/c1-6-11(3)17(7-2)13-8-9-14(12(4)16-5)15(18)10-13/h8-12,16,18H,6-7H2,1-5H3. The van der Waals surface area contributed by atoms with Crippen LogP contribution in [-0.4, -0.2) is 24.7 Å². The molecule has 0 spiro atoms. The number of hydrogen-bond donors (Lipinski definition) is 2. The Morgan fingerprint density at radius 3 is 2.39 bits per heavy atom. The van der Waals surface area contributed by atoms with Crippen LogP contribution >= 0.6 is 0 Å². The predicted molar refractivity (Wildman–Crippen MR) is 78.4 cm³/mol. The molecule has 0 aliphatic carbocycles. The summed E-state index contributed by atoms with van der Waals surface area (Å²) in [7, 11) is 1.90. The van der Waals surface area contributed by atoms with Crippen molar-refractivity contribution in [1.29, 1.82) is 0 Å². The lowest BCUT2D eigenvalue weighted by atomic mass is 10.1. The van der Waals surface area contributed by atoms with Crippen LogP contribution < -0.4 is 10.2 Å². The Labute approximate surface area is 111 Å². The summed E-state index contributed by atoms with van der Waals surface area (Å²) in [5, 5.41) is 13.3. The van der Waals surface area contributed by atoms with Gasteiger partial charge in [-0.25, -0.2) is 0 Å². The van der Waals surface area contributed by atoms with Crippen molar-refractivity contribution in [3.63, 3.8) is 0 Å². The Hall–Kier alpha value is -1.22. The first-order chi connectivity index (χ1) is 8.54. The lowest BCUT2D eigenvalue weighted by molar-refractivity contribution is 0.457. The van der Waals surface area contributed by atoms with Gasteiger partial charge >= 0.3 is 0 Å². The number of anilines is 1. The normalized spacial score (nSPS) is 14.3. The van der Waals surface area contributed by atoms with E-state index >= 15 is 0 Å². The van der Waals surface area contributed by atoms with E-state index in [1.165, 1.54) is 0 Å². The van der Waals surface area contributed by atoms with Crippen LogP contribution in [0.2, 0.25) is 0 Å². The summed E-state index contributed by atoms with van der Waals surface area (Å²) < 4.78 is 0. The molecular weight excluding hydrogens is 224 g/mol. The van der Waals surface area contributed by atoms with E-state index in [9.17, 15) is 5.11 Å². The highest BCUT2D eigenvalue weighted by atomic mass is 16.3. The maximum absolute atomic E-state index is 10.1.